The second-order valence-electron chi connectivity index (χ2n) is 9.46. The second kappa shape index (κ2) is 9.73. The van der Waals surface area contributed by atoms with Crippen LogP contribution in [0.4, 0.5) is 9.18 Å². The van der Waals surface area contributed by atoms with E-state index in [2.05, 4.69) is 10.3 Å². The number of halogens is 1. The molecule has 1 aromatic carbocycles. The predicted octanol–water partition coefficient (Wildman–Crippen LogP) is 2.63. The highest BCUT2D eigenvalue weighted by atomic mass is 19.1. The van der Waals surface area contributed by atoms with Crippen molar-refractivity contribution in [1.29, 1.82) is 0 Å². The highest BCUT2D eigenvalue weighted by molar-refractivity contribution is 6.07. The Morgan fingerprint density at radius 2 is 1.89 bits per heavy atom. The van der Waals surface area contributed by atoms with Gasteiger partial charge in [0, 0.05) is 31.8 Å². The van der Waals surface area contributed by atoms with Crippen molar-refractivity contribution >= 4 is 17.8 Å². The van der Waals surface area contributed by atoms with E-state index in [9.17, 15) is 18.8 Å². The van der Waals surface area contributed by atoms with E-state index in [1.54, 1.807) is 35.4 Å². The minimum Gasteiger partial charge on any atom is -0.376 e. The van der Waals surface area contributed by atoms with Crippen molar-refractivity contribution in [3.05, 3.63) is 65.7 Å². The molecule has 3 aliphatic rings. The molecule has 2 atom stereocenters. The summed E-state index contributed by atoms with van der Waals surface area (Å²) in [6.45, 7) is 1.81. The van der Waals surface area contributed by atoms with Gasteiger partial charge in [0.25, 0.3) is 5.91 Å². The smallest absolute Gasteiger partial charge is 0.325 e. The van der Waals surface area contributed by atoms with Crippen LogP contribution in [-0.2, 0) is 26.3 Å². The number of piperidine rings is 1. The van der Waals surface area contributed by atoms with E-state index < -0.39 is 11.6 Å². The van der Waals surface area contributed by atoms with Crippen molar-refractivity contribution in [2.75, 3.05) is 26.2 Å². The first-order chi connectivity index (χ1) is 17.0. The topological polar surface area (TPSA) is 91.8 Å². The Balaban J connectivity index is 1.32. The lowest BCUT2D eigenvalue weighted by molar-refractivity contribution is -0.137. The Labute approximate surface area is 203 Å². The number of aromatic nitrogens is 1. The van der Waals surface area contributed by atoms with Crippen molar-refractivity contribution in [1.82, 2.24) is 20.1 Å². The number of amides is 4. The lowest BCUT2D eigenvalue weighted by atomic mass is 9.75. The van der Waals surface area contributed by atoms with Crippen LogP contribution < -0.4 is 5.32 Å². The number of urea groups is 1. The summed E-state index contributed by atoms with van der Waals surface area (Å²) in [5, 5.41) is 3.00. The van der Waals surface area contributed by atoms with Crippen molar-refractivity contribution in [2.24, 2.45) is 5.92 Å². The Kier molecular flexibility index (Phi) is 6.51. The molecule has 184 valence electrons. The number of nitrogens with zero attached hydrogens (tertiary/aromatic N) is 3. The minimum atomic E-state index is -1.26. The third kappa shape index (κ3) is 4.52. The van der Waals surface area contributed by atoms with Crippen LogP contribution in [0.1, 0.15) is 36.9 Å². The van der Waals surface area contributed by atoms with Crippen LogP contribution in [0.2, 0.25) is 0 Å². The molecule has 0 unspecified atom stereocenters. The van der Waals surface area contributed by atoms with E-state index >= 15 is 0 Å². The van der Waals surface area contributed by atoms with Gasteiger partial charge in [-0.05, 0) is 55.5 Å². The molecule has 5 rings (SSSR count). The number of hydrogen-bond donors (Lipinski definition) is 1. The van der Waals surface area contributed by atoms with Crippen LogP contribution in [0.3, 0.4) is 0 Å². The number of carbonyl (C=O) groups is 3. The Morgan fingerprint density at radius 3 is 2.54 bits per heavy atom. The van der Waals surface area contributed by atoms with Crippen LogP contribution in [0.5, 0.6) is 0 Å². The summed E-state index contributed by atoms with van der Waals surface area (Å²) in [5.41, 5.74) is 0.0130. The number of likely N-dealkylation sites (tertiary alicyclic amines) is 1. The van der Waals surface area contributed by atoms with Crippen LogP contribution >= 0.6 is 0 Å². The molecule has 3 fully saturated rings. The number of nitrogens with one attached hydrogen (secondary N) is 1. The highest BCUT2D eigenvalue weighted by Crippen LogP contribution is 2.41. The molecule has 0 aliphatic carbocycles. The second-order valence-corrected chi connectivity index (χ2v) is 9.46. The van der Waals surface area contributed by atoms with E-state index in [1.165, 1.54) is 17.0 Å². The average Bonchev–Trinajstić information content (AvgIpc) is 3.49. The van der Waals surface area contributed by atoms with E-state index in [-0.39, 0.29) is 42.6 Å². The van der Waals surface area contributed by atoms with Gasteiger partial charge in [-0.2, -0.15) is 0 Å². The van der Waals surface area contributed by atoms with Gasteiger partial charge in [0.15, 0.2) is 5.54 Å². The summed E-state index contributed by atoms with van der Waals surface area (Å²) in [6, 6.07) is 10.9. The van der Waals surface area contributed by atoms with Gasteiger partial charge in [-0.3, -0.25) is 19.5 Å². The lowest BCUT2D eigenvalue weighted by Gasteiger charge is -2.40. The predicted molar refractivity (Wildman–Crippen MR) is 125 cm³/mol. The van der Waals surface area contributed by atoms with Gasteiger partial charge < -0.3 is 15.0 Å². The van der Waals surface area contributed by atoms with E-state index in [4.69, 9.17) is 4.74 Å². The van der Waals surface area contributed by atoms with Gasteiger partial charge in [-0.1, -0.05) is 18.2 Å². The molecule has 4 heterocycles. The zero-order valence-electron chi connectivity index (χ0n) is 19.5. The van der Waals surface area contributed by atoms with E-state index in [1.807, 2.05) is 6.07 Å². The van der Waals surface area contributed by atoms with Gasteiger partial charge in [-0.25, -0.2) is 9.18 Å². The summed E-state index contributed by atoms with van der Waals surface area (Å²) < 4.78 is 18.8. The number of carbonyl (C=O) groups excluding carboxylic acids is 3. The number of pyridine rings is 1. The molecule has 0 spiro atoms. The molecular formula is C26H29FN4O4. The van der Waals surface area contributed by atoms with Gasteiger partial charge in [0.1, 0.15) is 5.82 Å². The molecule has 0 saturated carbocycles. The van der Waals surface area contributed by atoms with E-state index in [0.29, 0.717) is 38.2 Å². The van der Waals surface area contributed by atoms with Crippen LogP contribution in [0.15, 0.2) is 48.7 Å². The Bertz CT molecular complexity index is 1080. The molecule has 3 saturated heterocycles. The molecular weight excluding hydrogens is 451 g/mol. The molecule has 0 radical (unpaired) electrons. The fraction of sp³-hybridized carbons (Fsp3) is 0.462. The third-order valence-corrected chi connectivity index (χ3v) is 7.34. The molecule has 9 heteroatoms. The van der Waals surface area contributed by atoms with Crippen LogP contribution in [0, 0.1) is 11.7 Å². The highest BCUT2D eigenvalue weighted by Gasteiger charge is 2.58. The fourth-order valence-electron chi connectivity index (χ4n) is 5.46. The fourth-order valence-corrected chi connectivity index (χ4v) is 5.46. The third-order valence-electron chi connectivity index (χ3n) is 7.34. The number of benzene rings is 1. The summed E-state index contributed by atoms with van der Waals surface area (Å²) >= 11 is 0. The summed E-state index contributed by atoms with van der Waals surface area (Å²) in [4.78, 5) is 47.2. The van der Waals surface area contributed by atoms with E-state index in [0.717, 1.165) is 18.4 Å². The Morgan fingerprint density at radius 1 is 1.11 bits per heavy atom. The summed E-state index contributed by atoms with van der Waals surface area (Å²) in [7, 11) is 0. The van der Waals surface area contributed by atoms with Gasteiger partial charge in [0.05, 0.1) is 24.8 Å². The first-order valence-electron chi connectivity index (χ1n) is 12.2. The van der Waals surface area contributed by atoms with Gasteiger partial charge >= 0.3 is 6.03 Å². The molecule has 1 N–H and O–H groups in total. The quantitative estimate of drug-likeness (QED) is 0.642. The lowest BCUT2D eigenvalue weighted by Crippen LogP contribution is -2.55. The summed E-state index contributed by atoms with van der Waals surface area (Å²) in [5.74, 6) is -0.881. The van der Waals surface area contributed by atoms with Crippen molar-refractivity contribution < 1.29 is 23.5 Å². The number of imide groups is 1. The standard InChI is InChI=1S/C26H29FN4O4/c27-20-8-6-18(7-9-20)16-23(32)30-13-10-19(11-14-30)26(22-5-1-2-12-28-22)24(33)31(25(34)29-26)17-21-4-3-15-35-21/h1-2,5-9,12,19,21H,3-4,10-11,13-17H2,(H,29,34)/t21-,26-/m1/s1. The summed E-state index contributed by atoms with van der Waals surface area (Å²) in [6.07, 6.45) is 4.51. The molecule has 4 amide bonds. The number of hydrogen-bond acceptors (Lipinski definition) is 5. The van der Waals surface area contributed by atoms with Crippen molar-refractivity contribution in [3.8, 4) is 0 Å². The Hall–Kier alpha value is -3.33. The minimum absolute atomic E-state index is 0.0382. The molecule has 1 aromatic heterocycles. The van der Waals surface area contributed by atoms with Gasteiger partial charge in [-0.15, -0.1) is 0 Å². The van der Waals surface area contributed by atoms with Gasteiger partial charge in [0.2, 0.25) is 5.91 Å². The molecule has 35 heavy (non-hydrogen) atoms. The van der Waals surface area contributed by atoms with Crippen LogP contribution in [-0.4, -0.2) is 65.0 Å². The number of rotatable bonds is 6. The maximum Gasteiger partial charge on any atom is 0.325 e. The first kappa shape index (κ1) is 23.4. The maximum absolute atomic E-state index is 13.8. The van der Waals surface area contributed by atoms with Crippen molar-refractivity contribution in [3.63, 3.8) is 0 Å². The molecule has 8 nitrogen and oxygen atoms in total. The van der Waals surface area contributed by atoms with Crippen LogP contribution in [0.25, 0.3) is 0 Å². The first-order valence-corrected chi connectivity index (χ1v) is 12.2. The number of ether oxygens (including phenoxy) is 1. The SMILES string of the molecule is O=C(Cc1ccc(F)cc1)N1CCC([C@]2(c3ccccn3)NC(=O)N(C[C@H]3CCCO3)C2=O)CC1. The molecule has 3 aliphatic heterocycles. The average molecular weight is 481 g/mol. The van der Waals surface area contributed by atoms with Crippen molar-refractivity contribution in [2.45, 2.75) is 43.7 Å². The largest absolute Gasteiger partial charge is 0.376 e. The normalized spacial score (nSPS) is 25.2. The molecule has 0 bridgehead atoms. The zero-order valence-corrected chi connectivity index (χ0v) is 19.5. The monoisotopic (exact) mass is 480 g/mol. The maximum atomic E-state index is 13.8. The zero-order chi connectivity index (χ0) is 24.4. The molecule has 2 aromatic rings.